The smallest absolute Gasteiger partial charge is 0.446 e. The van der Waals surface area contributed by atoms with Crippen molar-refractivity contribution in [2.45, 2.75) is 17.3 Å². The fraction of sp³-hybridized carbons (Fsp3) is 0.200. The van der Waals surface area contributed by atoms with E-state index in [1.807, 2.05) is 0 Å². The number of carbonyl (C=O) groups is 1. The largest absolute Gasteiger partial charge is 0.478 e. The lowest BCUT2D eigenvalue weighted by molar-refractivity contribution is -0.0328. The van der Waals surface area contributed by atoms with Crippen LogP contribution in [0.5, 0.6) is 0 Å². The third kappa shape index (κ3) is 3.39. The average molecular weight is 261 g/mol. The van der Waals surface area contributed by atoms with Gasteiger partial charge in [0.15, 0.2) is 0 Å². The van der Waals surface area contributed by atoms with Crippen molar-refractivity contribution >= 4 is 17.7 Å². The van der Waals surface area contributed by atoms with Gasteiger partial charge in [-0.25, -0.2) is 4.79 Å². The summed E-state index contributed by atoms with van der Waals surface area (Å²) >= 11 is -0.538. The van der Waals surface area contributed by atoms with Crippen molar-refractivity contribution in [1.29, 1.82) is 5.26 Å². The molecule has 0 amide bonds. The summed E-state index contributed by atoms with van der Waals surface area (Å²) in [5.41, 5.74) is -4.69. The van der Waals surface area contributed by atoms with Crippen LogP contribution in [-0.4, -0.2) is 16.6 Å². The minimum absolute atomic E-state index is 0.0294. The molecule has 17 heavy (non-hydrogen) atoms. The number of hydrogen-bond donors (Lipinski definition) is 1. The number of halogens is 3. The number of carboxylic acid groups (broad SMARTS) is 1. The first kappa shape index (κ1) is 13.4. The van der Waals surface area contributed by atoms with Gasteiger partial charge in [0.05, 0.1) is 17.2 Å². The Morgan fingerprint density at radius 1 is 1.47 bits per heavy atom. The highest BCUT2D eigenvalue weighted by Crippen LogP contribution is 2.39. The molecule has 1 N–H and O–H groups in total. The van der Waals surface area contributed by atoms with Gasteiger partial charge >= 0.3 is 11.5 Å². The molecule has 0 heterocycles. The number of thioether (sulfide) groups is 1. The van der Waals surface area contributed by atoms with E-state index >= 15 is 0 Å². The lowest BCUT2D eigenvalue weighted by atomic mass is 10.1. The second kappa shape index (κ2) is 4.67. The van der Waals surface area contributed by atoms with Gasteiger partial charge in [-0.1, -0.05) is 0 Å². The van der Waals surface area contributed by atoms with Gasteiger partial charge in [0, 0.05) is 4.90 Å². The van der Waals surface area contributed by atoms with E-state index in [0.717, 1.165) is 12.1 Å². The Labute approximate surface area is 98.9 Å². The maximum atomic E-state index is 12.2. The summed E-state index contributed by atoms with van der Waals surface area (Å²) in [6.45, 7) is 1.47. The van der Waals surface area contributed by atoms with E-state index in [2.05, 4.69) is 0 Å². The number of aryl methyl sites for hydroxylation is 1. The van der Waals surface area contributed by atoms with Crippen LogP contribution in [0.3, 0.4) is 0 Å². The number of benzene rings is 1. The number of carboxylic acids is 1. The van der Waals surface area contributed by atoms with Crippen molar-refractivity contribution in [3.8, 4) is 6.07 Å². The van der Waals surface area contributed by atoms with Gasteiger partial charge in [-0.2, -0.15) is 18.4 Å². The highest BCUT2D eigenvalue weighted by atomic mass is 32.2. The zero-order valence-corrected chi connectivity index (χ0v) is 9.32. The van der Waals surface area contributed by atoms with E-state index in [1.54, 1.807) is 6.07 Å². The molecule has 0 atom stereocenters. The summed E-state index contributed by atoms with van der Waals surface area (Å²) in [5, 5.41) is 17.5. The molecule has 1 rings (SSSR count). The van der Waals surface area contributed by atoms with Crippen LogP contribution in [-0.2, 0) is 0 Å². The van der Waals surface area contributed by atoms with Crippen LogP contribution in [0.4, 0.5) is 13.2 Å². The molecule has 3 nitrogen and oxygen atoms in total. The van der Waals surface area contributed by atoms with Gasteiger partial charge in [0.1, 0.15) is 0 Å². The summed E-state index contributed by atoms with van der Waals surface area (Å²) in [6, 6.07) is 3.72. The number of hydrogen-bond acceptors (Lipinski definition) is 3. The van der Waals surface area contributed by atoms with Crippen molar-refractivity contribution in [2.75, 3.05) is 0 Å². The molecule has 0 aliphatic carbocycles. The summed E-state index contributed by atoms with van der Waals surface area (Å²) in [5.74, 6) is -1.45. The topological polar surface area (TPSA) is 61.1 Å². The standard InChI is InChI=1S/C10H6F3NO2S/c1-5-2-7(9(15)16)8(3-6(5)4-14)17-10(11,12)13/h2-3H,1H3,(H,15,16). The van der Waals surface area contributed by atoms with Crippen LogP contribution < -0.4 is 0 Å². The highest BCUT2D eigenvalue weighted by Gasteiger charge is 2.31. The Balaban J connectivity index is 3.35. The first-order valence-electron chi connectivity index (χ1n) is 4.28. The van der Waals surface area contributed by atoms with E-state index in [1.165, 1.54) is 6.92 Å². The van der Waals surface area contributed by atoms with Crippen LogP contribution in [0, 0.1) is 18.3 Å². The van der Waals surface area contributed by atoms with Gasteiger partial charge < -0.3 is 5.11 Å². The SMILES string of the molecule is Cc1cc(C(=O)O)c(SC(F)(F)F)cc1C#N. The third-order valence-corrected chi connectivity index (χ3v) is 2.69. The zero-order valence-electron chi connectivity index (χ0n) is 8.50. The molecule has 1 aromatic carbocycles. The fourth-order valence-electron chi connectivity index (χ4n) is 1.18. The molecule has 0 saturated heterocycles. The Morgan fingerprint density at radius 3 is 2.47 bits per heavy atom. The molecule has 1 aromatic rings. The molecular formula is C10H6F3NO2S. The monoisotopic (exact) mass is 261 g/mol. The number of rotatable bonds is 2. The molecule has 0 spiro atoms. The lowest BCUT2D eigenvalue weighted by Crippen LogP contribution is -2.06. The van der Waals surface area contributed by atoms with Crippen LogP contribution in [0.15, 0.2) is 17.0 Å². The molecule has 90 valence electrons. The minimum Gasteiger partial charge on any atom is -0.478 e. The predicted molar refractivity (Wildman–Crippen MR) is 54.8 cm³/mol. The summed E-state index contributed by atoms with van der Waals surface area (Å²) < 4.78 is 36.6. The molecule has 0 aliphatic heterocycles. The third-order valence-electron chi connectivity index (χ3n) is 1.90. The number of aromatic carboxylic acids is 1. The van der Waals surface area contributed by atoms with Gasteiger partial charge in [-0.15, -0.1) is 0 Å². The van der Waals surface area contributed by atoms with Gasteiger partial charge in [0.25, 0.3) is 0 Å². The Morgan fingerprint density at radius 2 is 2.06 bits per heavy atom. The molecule has 0 fully saturated rings. The predicted octanol–water partition coefficient (Wildman–Crippen LogP) is 3.18. The molecule has 0 unspecified atom stereocenters. The van der Waals surface area contributed by atoms with E-state index in [4.69, 9.17) is 10.4 Å². The maximum absolute atomic E-state index is 12.2. The molecule has 0 radical (unpaired) electrons. The number of nitrogens with zero attached hydrogens (tertiary/aromatic N) is 1. The van der Waals surface area contributed by atoms with Crippen molar-refractivity contribution < 1.29 is 23.1 Å². The summed E-state index contributed by atoms with van der Waals surface area (Å²) in [4.78, 5) is 10.3. The zero-order chi connectivity index (χ0) is 13.2. The van der Waals surface area contributed by atoms with Crippen LogP contribution >= 0.6 is 11.8 Å². The number of alkyl halides is 3. The van der Waals surface area contributed by atoms with E-state index in [-0.39, 0.29) is 5.56 Å². The lowest BCUT2D eigenvalue weighted by Gasteiger charge is -2.10. The van der Waals surface area contributed by atoms with Crippen molar-refractivity contribution in [1.82, 2.24) is 0 Å². The maximum Gasteiger partial charge on any atom is 0.446 e. The summed E-state index contributed by atoms with van der Waals surface area (Å²) in [7, 11) is 0. The minimum atomic E-state index is -4.59. The van der Waals surface area contributed by atoms with Crippen molar-refractivity contribution in [3.05, 3.63) is 28.8 Å². The van der Waals surface area contributed by atoms with Gasteiger partial charge in [-0.05, 0) is 36.4 Å². The quantitative estimate of drug-likeness (QED) is 0.830. The van der Waals surface area contributed by atoms with E-state index in [0.29, 0.717) is 5.56 Å². The van der Waals surface area contributed by atoms with Gasteiger partial charge in [-0.3, -0.25) is 0 Å². The molecular weight excluding hydrogens is 255 g/mol. The van der Waals surface area contributed by atoms with Crippen molar-refractivity contribution in [2.24, 2.45) is 0 Å². The Bertz CT molecular complexity index is 505. The summed E-state index contributed by atoms with van der Waals surface area (Å²) in [6.07, 6.45) is 0. The van der Waals surface area contributed by atoms with E-state index < -0.39 is 33.7 Å². The molecule has 0 saturated carbocycles. The molecule has 7 heteroatoms. The number of nitriles is 1. The second-order valence-electron chi connectivity index (χ2n) is 3.13. The Hall–Kier alpha value is -1.68. The highest BCUT2D eigenvalue weighted by molar-refractivity contribution is 8.00. The van der Waals surface area contributed by atoms with Crippen LogP contribution in [0.1, 0.15) is 21.5 Å². The van der Waals surface area contributed by atoms with Gasteiger partial charge in [0.2, 0.25) is 0 Å². The fourth-order valence-corrected chi connectivity index (χ4v) is 1.87. The van der Waals surface area contributed by atoms with E-state index in [9.17, 15) is 18.0 Å². The molecule has 0 aromatic heterocycles. The molecule has 0 aliphatic rings. The van der Waals surface area contributed by atoms with Crippen molar-refractivity contribution in [3.63, 3.8) is 0 Å². The molecule has 0 bridgehead atoms. The van der Waals surface area contributed by atoms with Crippen LogP contribution in [0.25, 0.3) is 0 Å². The van der Waals surface area contributed by atoms with Crippen LogP contribution in [0.2, 0.25) is 0 Å². The normalized spacial score (nSPS) is 11.0. The second-order valence-corrected chi connectivity index (χ2v) is 4.23. The Kier molecular flexibility index (Phi) is 3.68. The first-order valence-corrected chi connectivity index (χ1v) is 5.10. The average Bonchev–Trinajstić information content (AvgIpc) is 2.17. The first-order chi connectivity index (χ1) is 7.74.